The summed E-state index contributed by atoms with van der Waals surface area (Å²) in [7, 11) is 0. The highest BCUT2D eigenvalue weighted by atomic mass is 15.0. The van der Waals surface area contributed by atoms with E-state index in [2.05, 4.69) is 10.6 Å². The van der Waals surface area contributed by atoms with E-state index < -0.39 is 0 Å². The lowest BCUT2D eigenvalue weighted by Gasteiger charge is -2.30. The molecular weight excluding hydrogens is 160 g/mol. The molecule has 1 aliphatic heterocycles. The number of rotatable bonds is 1. The van der Waals surface area contributed by atoms with Crippen LogP contribution in [0.15, 0.2) is 0 Å². The van der Waals surface area contributed by atoms with Gasteiger partial charge in [-0.25, -0.2) is 0 Å². The summed E-state index contributed by atoms with van der Waals surface area (Å²) in [6.07, 6.45) is 8.60. The second-order valence-corrected chi connectivity index (χ2v) is 4.52. The summed E-state index contributed by atoms with van der Waals surface area (Å²) in [6.45, 7) is 3.62. The van der Waals surface area contributed by atoms with Gasteiger partial charge in [0.1, 0.15) is 0 Å². The highest BCUT2D eigenvalue weighted by molar-refractivity contribution is 4.82. The van der Waals surface area contributed by atoms with Crippen LogP contribution in [0.1, 0.15) is 38.5 Å². The van der Waals surface area contributed by atoms with Gasteiger partial charge in [0.15, 0.2) is 0 Å². The molecule has 1 unspecified atom stereocenters. The molecule has 0 aromatic carbocycles. The molecule has 76 valence electrons. The van der Waals surface area contributed by atoms with Crippen LogP contribution in [0.4, 0.5) is 0 Å². The lowest BCUT2D eigenvalue weighted by atomic mass is 9.84. The van der Waals surface area contributed by atoms with Crippen LogP contribution in [0.5, 0.6) is 0 Å². The van der Waals surface area contributed by atoms with Gasteiger partial charge in [-0.15, -0.1) is 0 Å². The third kappa shape index (κ3) is 2.68. The molecule has 1 saturated carbocycles. The van der Waals surface area contributed by atoms with Crippen molar-refractivity contribution in [3.8, 4) is 0 Å². The van der Waals surface area contributed by atoms with Gasteiger partial charge in [0.05, 0.1) is 0 Å². The van der Waals surface area contributed by atoms with Crippen molar-refractivity contribution in [3.05, 3.63) is 0 Å². The van der Waals surface area contributed by atoms with Crippen molar-refractivity contribution in [2.45, 2.75) is 44.6 Å². The van der Waals surface area contributed by atoms with Crippen molar-refractivity contribution >= 4 is 0 Å². The second kappa shape index (κ2) is 4.97. The molecular formula is C11H22N2. The maximum atomic E-state index is 3.69. The third-order valence-electron chi connectivity index (χ3n) is 3.52. The van der Waals surface area contributed by atoms with E-state index in [1.54, 1.807) is 0 Å². The molecule has 1 atom stereocenters. The highest BCUT2D eigenvalue weighted by Gasteiger charge is 2.23. The largest absolute Gasteiger partial charge is 0.315 e. The molecule has 13 heavy (non-hydrogen) atoms. The molecule has 2 fully saturated rings. The van der Waals surface area contributed by atoms with Crippen molar-refractivity contribution in [3.63, 3.8) is 0 Å². The molecule has 1 heterocycles. The molecule has 2 nitrogen and oxygen atoms in total. The Hall–Kier alpha value is -0.0800. The second-order valence-electron chi connectivity index (χ2n) is 4.52. The molecule has 0 aromatic heterocycles. The Morgan fingerprint density at radius 2 is 1.69 bits per heavy atom. The highest BCUT2D eigenvalue weighted by Crippen LogP contribution is 2.26. The fourth-order valence-electron chi connectivity index (χ4n) is 2.70. The third-order valence-corrected chi connectivity index (χ3v) is 3.52. The number of hydrogen-bond acceptors (Lipinski definition) is 2. The molecule has 0 amide bonds. The molecule has 0 spiro atoms. The molecule has 2 aliphatic rings. The van der Waals surface area contributed by atoms with Crippen LogP contribution in [-0.4, -0.2) is 25.7 Å². The summed E-state index contributed by atoms with van der Waals surface area (Å²) in [4.78, 5) is 0. The Balaban J connectivity index is 1.82. The summed E-state index contributed by atoms with van der Waals surface area (Å²) in [6, 6.07) is 0.766. The van der Waals surface area contributed by atoms with E-state index in [1.807, 2.05) is 0 Å². The van der Waals surface area contributed by atoms with E-state index in [1.165, 1.54) is 58.2 Å². The Kier molecular flexibility index (Phi) is 3.62. The number of hydrogen-bond donors (Lipinski definition) is 2. The molecule has 2 rings (SSSR count). The van der Waals surface area contributed by atoms with Gasteiger partial charge in [-0.1, -0.05) is 19.3 Å². The van der Waals surface area contributed by atoms with Crippen molar-refractivity contribution in [1.29, 1.82) is 0 Å². The van der Waals surface area contributed by atoms with Crippen LogP contribution in [0.25, 0.3) is 0 Å². The molecule has 2 N–H and O–H groups in total. The predicted molar refractivity (Wildman–Crippen MR) is 55.9 cm³/mol. The summed E-state index contributed by atoms with van der Waals surface area (Å²) < 4.78 is 0. The zero-order valence-corrected chi connectivity index (χ0v) is 8.52. The smallest absolute Gasteiger partial charge is 0.0220 e. The Labute approximate surface area is 81.5 Å². The minimum atomic E-state index is 0.766. The first-order chi connectivity index (χ1) is 6.47. The first-order valence-corrected chi connectivity index (χ1v) is 5.91. The number of nitrogens with one attached hydrogen (secondary N) is 2. The average molecular weight is 182 g/mol. The van der Waals surface area contributed by atoms with Crippen LogP contribution in [0, 0.1) is 5.92 Å². The van der Waals surface area contributed by atoms with E-state index >= 15 is 0 Å². The molecule has 0 radical (unpaired) electrons. The summed E-state index contributed by atoms with van der Waals surface area (Å²) in [5.74, 6) is 0.958. The van der Waals surface area contributed by atoms with Gasteiger partial charge in [-0.3, -0.25) is 0 Å². The van der Waals surface area contributed by atoms with Gasteiger partial charge < -0.3 is 10.6 Å². The molecule has 1 aliphatic carbocycles. The minimum Gasteiger partial charge on any atom is -0.315 e. The monoisotopic (exact) mass is 182 g/mol. The quantitative estimate of drug-likeness (QED) is 0.642. The Morgan fingerprint density at radius 3 is 2.54 bits per heavy atom. The van der Waals surface area contributed by atoms with Gasteiger partial charge in [0, 0.05) is 12.6 Å². The van der Waals surface area contributed by atoms with E-state index in [0.717, 1.165) is 12.0 Å². The first-order valence-electron chi connectivity index (χ1n) is 5.91. The summed E-state index contributed by atoms with van der Waals surface area (Å²) in [5.41, 5.74) is 0. The van der Waals surface area contributed by atoms with Crippen molar-refractivity contribution in [2.24, 2.45) is 5.92 Å². The van der Waals surface area contributed by atoms with E-state index in [0.29, 0.717) is 0 Å². The van der Waals surface area contributed by atoms with Crippen LogP contribution in [-0.2, 0) is 0 Å². The van der Waals surface area contributed by atoms with E-state index in [9.17, 15) is 0 Å². The zero-order valence-electron chi connectivity index (χ0n) is 8.52. The molecule has 2 heteroatoms. The molecule has 1 saturated heterocycles. The van der Waals surface area contributed by atoms with Gasteiger partial charge in [0.25, 0.3) is 0 Å². The average Bonchev–Trinajstić information content (AvgIpc) is 2.47. The summed E-state index contributed by atoms with van der Waals surface area (Å²) >= 11 is 0. The maximum Gasteiger partial charge on any atom is 0.0220 e. The van der Waals surface area contributed by atoms with E-state index in [4.69, 9.17) is 0 Å². The van der Waals surface area contributed by atoms with Crippen molar-refractivity contribution < 1.29 is 0 Å². The topological polar surface area (TPSA) is 24.1 Å². The molecule has 0 bridgehead atoms. The Bertz CT molecular complexity index is 133. The molecule has 0 aromatic rings. The van der Waals surface area contributed by atoms with Crippen LogP contribution in [0.3, 0.4) is 0 Å². The standard InChI is InChI=1S/C11H22N2/c1-2-5-10(6-3-1)11-9-12-7-4-8-13-11/h10-13H,1-9H2. The van der Waals surface area contributed by atoms with Crippen LogP contribution >= 0.6 is 0 Å². The van der Waals surface area contributed by atoms with Gasteiger partial charge in [-0.05, 0) is 38.3 Å². The van der Waals surface area contributed by atoms with Gasteiger partial charge in [0.2, 0.25) is 0 Å². The maximum absolute atomic E-state index is 3.69. The van der Waals surface area contributed by atoms with Gasteiger partial charge >= 0.3 is 0 Å². The van der Waals surface area contributed by atoms with Crippen LogP contribution in [0.2, 0.25) is 0 Å². The summed E-state index contributed by atoms with van der Waals surface area (Å²) in [5, 5.41) is 7.22. The fourth-order valence-corrected chi connectivity index (χ4v) is 2.70. The fraction of sp³-hybridized carbons (Fsp3) is 1.00. The Morgan fingerprint density at radius 1 is 0.846 bits per heavy atom. The van der Waals surface area contributed by atoms with Crippen LogP contribution < -0.4 is 10.6 Å². The lowest BCUT2D eigenvalue weighted by Crippen LogP contribution is -2.42. The zero-order chi connectivity index (χ0) is 8.93. The SMILES string of the molecule is C1CCC(C2CNCCCN2)CC1. The van der Waals surface area contributed by atoms with Gasteiger partial charge in [-0.2, -0.15) is 0 Å². The first kappa shape index (κ1) is 9.47. The van der Waals surface area contributed by atoms with E-state index in [-0.39, 0.29) is 0 Å². The predicted octanol–water partition coefficient (Wildman–Crippen LogP) is 1.52. The lowest BCUT2D eigenvalue weighted by molar-refractivity contribution is 0.272. The van der Waals surface area contributed by atoms with Crippen molar-refractivity contribution in [2.75, 3.05) is 19.6 Å². The van der Waals surface area contributed by atoms with Crippen molar-refractivity contribution in [1.82, 2.24) is 10.6 Å². The minimum absolute atomic E-state index is 0.766. The normalized spacial score (nSPS) is 32.8.